The molecule has 0 aromatic carbocycles. The smallest absolute Gasteiger partial charge is 0.133 e. The fraction of sp³-hybridized carbons (Fsp3) is 0.889. The third-order valence-electron chi connectivity index (χ3n) is 2.73. The van der Waals surface area contributed by atoms with Gasteiger partial charge in [-0.15, -0.1) is 0 Å². The Morgan fingerprint density at radius 3 is 2.55 bits per heavy atom. The van der Waals surface area contributed by atoms with E-state index in [1.807, 2.05) is 6.92 Å². The van der Waals surface area contributed by atoms with Gasteiger partial charge in [0.05, 0.1) is 6.10 Å². The average molecular weight is 156 g/mol. The summed E-state index contributed by atoms with van der Waals surface area (Å²) >= 11 is 0. The van der Waals surface area contributed by atoms with E-state index in [-0.39, 0.29) is 17.8 Å². The summed E-state index contributed by atoms with van der Waals surface area (Å²) in [5.74, 6) is 0.739. The van der Waals surface area contributed by atoms with Crippen molar-refractivity contribution in [3.63, 3.8) is 0 Å². The van der Waals surface area contributed by atoms with Crippen molar-refractivity contribution in [3.05, 3.63) is 0 Å². The number of carbonyl (C=O) groups is 1. The van der Waals surface area contributed by atoms with Gasteiger partial charge in [0.15, 0.2) is 0 Å². The molecule has 0 heterocycles. The number of ketones is 1. The Hall–Kier alpha value is -0.370. The van der Waals surface area contributed by atoms with Gasteiger partial charge in [-0.1, -0.05) is 6.92 Å². The summed E-state index contributed by atoms with van der Waals surface area (Å²) in [6, 6.07) is 0. The van der Waals surface area contributed by atoms with Crippen molar-refractivity contribution in [1.82, 2.24) is 0 Å². The van der Waals surface area contributed by atoms with E-state index in [0.29, 0.717) is 12.3 Å². The maximum absolute atomic E-state index is 10.9. The van der Waals surface area contributed by atoms with Gasteiger partial charge in [-0.05, 0) is 32.1 Å². The number of Topliss-reactive ketones (excluding diaryl/α,β-unsaturated/α-hetero) is 1. The molecule has 0 aromatic heterocycles. The van der Waals surface area contributed by atoms with Crippen LogP contribution in [-0.2, 0) is 4.79 Å². The second-order valence-electron chi connectivity index (χ2n) is 3.67. The Kier molecular flexibility index (Phi) is 2.66. The van der Waals surface area contributed by atoms with E-state index in [2.05, 4.69) is 0 Å². The summed E-state index contributed by atoms with van der Waals surface area (Å²) < 4.78 is 0. The quantitative estimate of drug-likeness (QED) is 0.622. The van der Waals surface area contributed by atoms with Crippen LogP contribution in [0.3, 0.4) is 0 Å². The number of hydrogen-bond donors (Lipinski definition) is 1. The molecule has 1 aliphatic carbocycles. The van der Waals surface area contributed by atoms with Gasteiger partial charge >= 0.3 is 0 Å². The fourth-order valence-corrected chi connectivity index (χ4v) is 1.67. The maximum atomic E-state index is 10.9. The first-order valence-corrected chi connectivity index (χ1v) is 4.29. The molecular weight excluding hydrogens is 140 g/mol. The molecule has 1 saturated carbocycles. The van der Waals surface area contributed by atoms with Gasteiger partial charge in [-0.3, -0.25) is 4.79 Å². The first-order chi connectivity index (χ1) is 5.11. The average Bonchev–Trinajstić information content (AvgIpc) is 1.94. The standard InChI is InChI=1S/C9H16O2/c1-6-3-4-8(7(2)10)5-9(6)11/h6,8-9,11H,3-5H2,1-2H3/t6-,8?,9+/m0/s1. The number of carbonyl (C=O) groups excluding carboxylic acids is 1. The van der Waals surface area contributed by atoms with Crippen LogP contribution < -0.4 is 0 Å². The molecule has 0 saturated heterocycles. The predicted octanol–water partition coefficient (Wildman–Crippen LogP) is 1.37. The molecule has 0 aliphatic heterocycles. The van der Waals surface area contributed by atoms with Crippen molar-refractivity contribution in [3.8, 4) is 0 Å². The van der Waals surface area contributed by atoms with Crippen LogP contribution in [0, 0.1) is 11.8 Å². The predicted molar refractivity (Wildman–Crippen MR) is 43.2 cm³/mol. The van der Waals surface area contributed by atoms with E-state index in [4.69, 9.17) is 0 Å². The van der Waals surface area contributed by atoms with Gasteiger partial charge in [0.1, 0.15) is 5.78 Å². The van der Waals surface area contributed by atoms with E-state index in [9.17, 15) is 9.90 Å². The molecule has 0 aromatic rings. The highest BCUT2D eigenvalue weighted by Gasteiger charge is 2.28. The third-order valence-corrected chi connectivity index (χ3v) is 2.73. The first-order valence-electron chi connectivity index (χ1n) is 4.29. The monoisotopic (exact) mass is 156 g/mol. The van der Waals surface area contributed by atoms with Crippen molar-refractivity contribution in [2.75, 3.05) is 0 Å². The molecule has 1 rings (SSSR count). The van der Waals surface area contributed by atoms with E-state index in [1.165, 1.54) is 0 Å². The number of hydrogen-bond acceptors (Lipinski definition) is 2. The molecule has 2 nitrogen and oxygen atoms in total. The Balaban J connectivity index is 2.46. The lowest BCUT2D eigenvalue weighted by Crippen LogP contribution is -2.30. The van der Waals surface area contributed by atoms with Gasteiger partial charge in [0, 0.05) is 5.92 Å². The first kappa shape index (κ1) is 8.72. The van der Waals surface area contributed by atoms with E-state index in [0.717, 1.165) is 12.8 Å². The Morgan fingerprint density at radius 1 is 1.45 bits per heavy atom. The lowest BCUT2D eigenvalue weighted by atomic mass is 9.79. The molecule has 3 atom stereocenters. The summed E-state index contributed by atoms with van der Waals surface area (Å²) in [4.78, 5) is 10.9. The minimum atomic E-state index is -0.252. The highest BCUT2D eigenvalue weighted by Crippen LogP contribution is 2.28. The summed E-state index contributed by atoms with van der Waals surface area (Å²) in [7, 11) is 0. The zero-order valence-corrected chi connectivity index (χ0v) is 7.21. The largest absolute Gasteiger partial charge is 0.393 e. The molecular formula is C9H16O2. The number of aliphatic hydroxyl groups is 1. The van der Waals surface area contributed by atoms with Crippen LogP contribution in [0.5, 0.6) is 0 Å². The van der Waals surface area contributed by atoms with Crippen LogP contribution in [0.25, 0.3) is 0 Å². The molecule has 1 N–H and O–H groups in total. The highest BCUT2D eigenvalue weighted by molar-refractivity contribution is 5.78. The van der Waals surface area contributed by atoms with Crippen LogP contribution in [0.4, 0.5) is 0 Å². The molecule has 0 spiro atoms. The van der Waals surface area contributed by atoms with Crippen LogP contribution >= 0.6 is 0 Å². The molecule has 0 bridgehead atoms. The summed E-state index contributed by atoms with van der Waals surface area (Å²) in [6.45, 7) is 3.66. The van der Waals surface area contributed by atoms with Gasteiger partial charge in [-0.2, -0.15) is 0 Å². The van der Waals surface area contributed by atoms with Gasteiger partial charge in [-0.25, -0.2) is 0 Å². The van der Waals surface area contributed by atoms with Crippen molar-refractivity contribution >= 4 is 5.78 Å². The minimum absolute atomic E-state index is 0.126. The molecule has 11 heavy (non-hydrogen) atoms. The van der Waals surface area contributed by atoms with Crippen molar-refractivity contribution in [1.29, 1.82) is 0 Å². The van der Waals surface area contributed by atoms with E-state index < -0.39 is 0 Å². The molecule has 1 aliphatic rings. The Morgan fingerprint density at radius 2 is 2.09 bits per heavy atom. The van der Waals surface area contributed by atoms with Crippen LogP contribution in [0.15, 0.2) is 0 Å². The highest BCUT2D eigenvalue weighted by atomic mass is 16.3. The summed E-state index contributed by atoms with van der Waals surface area (Å²) in [5, 5.41) is 9.44. The van der Waals surface area contributed by atoms with Gasteiger partial charge in [0.25, 0.3) is 0 Å². The Bertz CT molecular complexity index is 154. The SMILES string of the molecule is CC(=O)C1CC[C@H](C)[C@H](O)C1. The van der Waals surface area contributed by atoms with E-state index in [1.54, 1.807) is 6.92 Å². The Labute approximate surface area is 67.6 Å². The minimum Gasteiger partial charge on any atom is -0.393 e. The number of aliphatic hydroxyl groups excluding tert-OH is 1. The van der Waals surface area contributed by atoms with Gasteiger partial charge in [0.2, 0.25) is 0 Å². The lowest BCUT2D eigenvalue weighted by Gasteiger charge is -2.29. The zero-order chi connectivity index (χ0) is 8.43. The van der Waals surface area contributed by atoms with Crippen LogP contribution in [0.2, 0.25) is 0 Å². The van der Waals surface area contributed by atoms with E-state index >= 15 is 0 Å². The van der Waals surface area contributed by atoms with Crippen LogP contribution in [-0.4, -0.2) is 17.0 Å². The third kappa shape index (κ3) is 2.03. The van der Waals surface area contributed by atoms with Crippen LogP contribution in [0.1, 0.15) is 33.1 Å². The summed E-state index contributed by atoms with van der Waals surface area (Å²) in [6.07, 6.45) is 2.38. The normalized spacial score (nSPS) is 38.6. The molecule has 64 valence electrons. The van der Waals surface area contributed by atoms with Crippen molar-refractivity contribution < 1.29 is 9.90 Å². The number of rotatable bonds is 1. The van der Waals surface area contributed by atoms with Crippen molar-refractivity contribution in [2.45, 2.75) is 39.2 Å². The second kappa shape index (κ2) is 3.35. The molecule has 1 unspecified atom stereocenters. The molecule has 0 radical (unpaired) electrons. The summed E-state index contributed by atoms with van der Waals surface area (Å²) in [5.41, 5.74) is 0. The fourth-order valence-electron chi connectivity index (χ4n) is 1.67. The molecule has 1 fully saturated rings. The topological polar surface area (TPSA) is 37.3 Å². The zero-order valence-electron chi connectivity index (χ0n) is 7.21. The lowest BCUT2D eigenvalue weighted by molar-refractivity contribution is -0.123. The van der Waals surface area contributed by atoms with Gasteiger partial charge < -0.3 is 5.11 Å². The molecule has 2 heteroatoms. The maximum Gasteiger partial charge on any atom is 0.133 e. The van der Waals surface area contributed by atoms with Crippen molar-refractivity contribution in [2.24, 2.45) is 11.8 Å². The second-order valence-corrected chi connectivity index (χ2v) is 3.67. The molecule has 0 amide bonds.